The molecule has 3 rings (SSSR count). The first kappa shape index (κ1) is 11.3. The zero-order valence-corrected chi connectivity index (χ0v) is 10.5. The van der Waals surface area contributed by atoms with Crippen LogP contribution in [0.25, 0.3) is 11.4 Å². The molecule has 0 saturated heterocycles. The zero-order chi connectivity index (χ0) is 12.5. The fourth-order valence-electron chi connectivity index (χ4n) is 2.69. The van der Waals surface area contributed by atoms with Crippen LogP contribution >= 0.6 is 0 Å². The van der Waals surface area contributed by atoms with Crippen LogP contribution in [-0.2, 0) is 0 Å². The Hall–Kier alpha value is -1.84. The molecule has 0 spiro atoms. The highest BCUT2D eigenvalue weighted by atomic mass is 16.5. The van der Waals surface area contributed by atoms with E-state index in [1.807, 2.05) is 24.3 Å². The molecule has 2 atom stereocenters. The SMILES string of the molecule is CC1CCCC1c1nc(-c2cccc(N)c2)no1. The normalized spacial score (nSPS) is 23.4. The van der Waals surface area contributed by atoms with Gasteiger partial charge in [0.25, 0.3) is 0 Å². The van der Waals surface area contributed by atoms with Gasteiger partial charge in [-0.3, -0.25) is 0 Å². The Balaban J connectivity index is 1.89. The first-order valence-corrected chi connectivity index (χ1v) is 6.43. The summed E-state index contributed by atoms with van der Waals surface area (Å²) < 4.78 is 5.41. The number of benzene rings is 1. The van der Waals surface area contributed by atoms with E-state index in [1.165, 1.54) is 12.8 Å². The minimum atomic E-state index is 0.423. The van der Waals surface area contributed by atoms with Gasteiger partial charge in [0, 0.05) is 17.2 Å². The molecule has 0 bridgehead atoms. The van der Waals surface area contributed by atoms with Crippen molar-refractivity contribution in [3.63, 3.8) is 0 Å². The third kappa shape index (κ3) is 1.98. The van der Waals surface area contributed by atoms with E-state index in [9.17, 15) is 0 Å². The van der Waals surface area contributed by atoms with Crippen molar-refractivity contribution in [2.24, 2.45) is 5.92 Å². The van der Waals surface area contributed by atoms with Crippen LogP contribution in [0.15, 0.2) is 28.8 Å². The fourth-order valence-corrected chi connectivity index (χ4v) is 2.69. The third-order valence-electron chi connectivity index (χ3n) is 3.77. The molecule has 0 amide bonds. The number of nitrogens with two attached hydrogens (primary N) is 1. The molecule has 2 N–H and O–H groups in total. The Kier molecular flexibility index (Phi) is 2.78. The van der Waals surface area contributed by atoms with E-state index in [1.54, 1.807) is 0 Å². The molecule has 1 aromatic heterocycles. The summed E-state index contributed by atoms with van der Waals surface area (Å²) >= 11 is 0. The predicted molar refractivity (Wildman–Crippen MR) is 69.9 cm³/mol. The molecule has 1 saturated carbocycles. The second kappa shape index (κ2) is 4.44. The van der Waals surface area contributed by atoms with E-state index < -0.39 is 0 Å². The summed E-state index contributed by atoms with van der Waals surface area (Å²) in [4.78, 5) is 4.52. The van der Waals surface area contributed by atoms with E-state index in [2.05, 4.69) is 17.1 Å². The molecule has 94 valence electrons. The minimum absolute atomic E-state index is 0.423. The van der Waals surface area contributed by atoms with E-state index in [0.717, 1.165) is 17.9 Å². The fraction of sp³-hybridized carbons (Fsp3) is 0.429. The van der Waals surface area contributed by atoms with Crippen molar-refractivity contribution in [3.8, 4) is 11.4 Å². The Morgan fingerprint density at radius 1 is 1.33 bits per heavy atom. The molecule has 2 aromatic rings. The molecule has 1 aliphatic carbocycles. The maximum Gasteiger partial charge on any atom is 0.230 e. The van der Waals surface area contributed by atoms with Crippen LogP contribution in [0.2, 0.25) is 0 Å². The molecule has 1 aliphatic rings. The van der Waals surface area contributed by atoms with Crippen LogP contribution in [0.1, 0.15) is 38.0 Å². The number of nitrogens with zero attached hydrogens (tertiary/aromatic N) is 2. The van der Waals surface area contributed by atoms with Crippen molar-refractivity contribution >= 4 is 5.69 Å². The summed E-state index contributed by atoms with van der Waals surface area (Å²) in [6.07, 6.45) is 3.65. The molecule has 1 heterocycles. The first-order valence-electron chi connectivity index (χ1n) is 6.43. The Bertz CT molecular complexity index is 549. The van der Waals surface area contributed by atoms with Crippen molar-refractivity contribution in [3.05, 3.63) is 30.2 Å². The summed E-state index contributed by atoms with van der Waals surface area (Å²) in [5.41, 5.74) is 7.39. The van der Waals surface area contributed by atoms with Crippen molar-refractivity contribution < 1.29 is 4.52 Å². The van der Waals surface area contributed by atoms with Crippen LogP contribution in [0, 0.1) is 5.92 Å². The van der Waals surface area contributed by atoms with Crippen molar-refractivity contribution in [2.75, 3.05) is 5.73 Å². The Morgan fingerprint density at radius 3 is 2.94 bits per heavy atom. The minimum Gasteiger partial charge on any atom is -0.399 e. The van der Waals surface area contributed by atoms with Crippen LogP contribution in [0.4, 0.5) is 5.69 Å². The predicted octanol–water partition coefficient (Wildman–Crippen LogP) is 3.22. The average molecular weight is 243 g/mol. The summed E-state index contributed by atoms with van der Waals surface area (Å²) in [7, 11) is 0. The molecule has 1 fully saturated rings. The smallest absolute Gasteiger partial charge is 0.230 e. The van der Waals surface area contributed by atoms with Crippen LogP contribution in [0.3, 0.4) is 0 Å². The number of nitrogen functional groups attached to an aromatic ring is 1. The molecular formula is C14H17N3O. The van der Waals surface area contributed by atoms with E-state index in [0.29, 0.717) is 23.3 Å². The standard InChI is InChI=1S/C14H17N3O/c1-9-4-2-7-12(9)14-16-13(17-18-14)10-5-3-6-11(15)8-10/h3,5-6,8-9,12H,2,4,7,15H2,1H3. The molecule has 4 nitrogen and oxygen atoms in total. The highest BCUT2D eigenvalue weighted by Crippen LogP contribution is 2.38. The summed E-state index contributed by atoms with van der Waals surface area (Å²) in [5, 5.41) is 4.06. The lowest BCUT2D eigenvalue weighted by molar-refractivity contribution is 0.331. The number of hydrogen-bond donors (Lipinski definition) is 1. The Labute approximate surface area is 106 Å². The second-order valence-electron chi connectivity index (χ2n) is 5.10. The molecule has 2 unspecified atom stereocenters. The second-order valence-corrected chi connectivity index (χ2v) is 5.10. The van der Waals surface area contributed by atoms with Crippen molar-refractivity contribution in [2.45, 2.75) is 32.1 Å². The lowest BCUT2D eigenvalue weighted by atomic mass is 9.98. The van der Waals surface area contributed by atoms with Gasteiger partial charge >= 0.3 is 0 Å². The molecule has 18 heavy (non-hydrogen) atoms. The van der Waals surface area contributed by atoms with E-state index in [4.69, 9.17) is 10.3 Å². The maximum absolute atomic E-state index is 5.76. The summed E-state index contributed by atoms with van der Waals surface area (Å²) in [6, 6.07) is 7.57. The maximum atomic E-state index is 5.76. The largest absolute Gasteiger partial charge is 0.399 e. The van der Waals surface area contributed by atoms with Gasteiger partial charge in [-0.05, 0) is 30.9 Å². The van der Waals surface area contributed by atoms with Gasteiger partial charge < -0.3 is 10.3 Å². The van der Waals surface area contributed by atoms with Gasteiger partial charge in [0.1, 0.15) is 0 Å². The van der Waals surface area contributed by atoms with Gasteiger partial charge in [-0.2, -0.15) is 4.98 Å². The van der Waals surface area contributed by atoms with Crippen LogP contribution in [-0.4, -0.2) is 10.1 Å². The van der Waals surface area contributed by atoms with Gasteiger partial charge in [-0.1, -0.05) is 30.6 Å². The Morgan fingerprint density at radius 2 is 2.22 bits per heavy atom. The molecule has 1 aromatic carbocycles. The molecule has 4 heteroatoms. The molecule has 0 aliphatic heterocycles. The topological polar surface area (TPSA) is 64.9 Å². The van der Waals surface area contributed by atoms with Gasteiger partial charge in [0.15, 0.2) is 0 Å². The van der Waals surface area contributed by atoms with E-state index in [-0.39, 0.29) is 0 Å². The molecule has 0 radical (unpaired) electrons. The van der Waals surface area contributed by atoms with Gasteiger partial charge in [0.05, 0.1) is 0 Å². The highest BCUT2D eigenvalue weighted by Gasteiger charge is 2.29. The van der Waals surface area contributed by atoms with Crippen LogP contribution < -0.4 is 5.73 Å². The van der Waals surface area contributed by atoms with Gasteiger partial charge in [-0.15, -0.1) is 0 Å². The van der Waals surface area contributed by atoms with Crippen LogP contribution in [0.5, 0.6) is 0 Å². The average Bonchev–Trinajstić information content (AvgIpc) is 2.97. The van der Waals surface area contributed by atoms with Gasteiger partial charge in [0.2, 0.25) is 11.7 Å². The number of hydrogen-bond acceptors (Lipinski definition) is 4. The summed E-state index contributed by atoms with van der Waals surface area (Å²) in [5.74, 6) is 2.47. The lowest BCUT2D eigenvalue weighted by Crippen LogP contribution is -2.02. The van der Waals surface area contributed by atoms with Crippen molar-refractivity contribution in [1.82, 2.24) is 10.1 Å². The van der Waals surface area contributed by atoms with Gasteiger partial charge in [-0.25, -0.2) is 0 Å². The molecular weight excluding hydrogens is 226 g/mol. The monoisotopic (exact) mass is 243 g/mol. The lowest BCUT2D eigenvalue weighted by Gasteiger charge is -2.08. The number of rotatable bonds is 2. The number of aromatic nitrogens is 2. The quantitative estimate of drug-likeness (QED) is 0.822. The van der Waals surface area contributed by atoms with E-state index >= 15 is 0 Å². The summed E-state index contributed by atoms with van der Waals surface area (Å²) in [6.45, 7) is 2.25. The highest BCUT2D eigenvalue weighted by molar-refractivity contribution is 5.60. The number of anilines is 1. The van der Waals surface area contributed by atoms with Crippen molar-refractivity contribution in [1.29, 1.82) is 0 Å². The first-order chi connectivity index (χ1) is 8.74. The zero-order valence-electron chi connectivity index (χ0n) is 10.5. The third-order valence-corrected chi connectivity index (χ3v) is 3.77.